The van der Waals surface area contributed by atoms with Gasteiger partial charge in [-0.15, -0.1) is 0 Å². The monoisotopic (exact) mass is 330 g/mol. The summed E-state index contributed by atoms with van der Waals surface area (Å²) in [4.78, 5) is 16.0. The Morgan fingerprint density at radius 1 is 1.50 bits per heavy atom. The molecule has 1 amide bonds. The average molecular weight is 331 g/mol. The smallest absolute Gasteiger partial charge is 0.387 e. The number of ether oxygens (including phenoxy) is 1. The number of nitrogens with zero attached hydrogens (tertiary/aromatic N) is 3. The Hall–Kier alpha value is -2.22. The number of hydrogen-bond acceptors (Lipinski definition) is 4. The van der Waals surface area contributed by atoms with Crippen LogP contribution in [-0.4, -0.2) is 33.3 Å². The minimum Gasteiger partial charge on any atom is -0.434 e. The molecule has 6 nitrogen and oxygen atoms in total. The quantitative estimate of drug-likeness (QED) is 0.882. The van der Waals surface area contributed by atoms with Gasteiger partial charge < -0.3 is 10.1 Å². The number of alkyl halides is 2. The maximum absolute atomic E-state index is 12.4. The number of benzene rings is 1. The first kappa shape index (κ1) is 16.2. The van der Waals surface area contributed by atoms with Gasteiger partial charge in [-0.25, -0.2) is 4.98 Å². The number of nitrogens with one attached hydrogen (secondary N) is 1. The molecule has 0 saturated heterocycles. The molecule has 2 aromatic rings. The molecule has 0 aliphatic carbocycles. The maximum atomic E-state index is 12.4. The van der Waals surface area contributed by atoms with Gasteiger partial charge >= 0.3 is 6.61 Å². The fourth-order valence-corrected chi connectivity index (χ4v) is 2.01. The third kappa shape index (κ3) is 4.39. The summed E-state index contributed by atoms with van der Waals surface area (Å²) >= 11 is 5.80. The Kier molecular flexibility index (Phi) is 5.26. The van der Waals surface area contributed by atoms with Crippen LogP contribution in [0.5, 0.6) is 5.75 Å². The minimum atomic E-state index is -3.03. The summed E-state index contributed by atoms with van der Waals surface area (Å²) in [6.45, 7) is -0.893. The molecule has 0 saturated carbocycles. The van der Waals surface area contributed by atoms with Crippen LogP contribution in [0.15, 0.2) is 30.9 Å². The standard InChI is InChI=1S/C13H13ClF2N4O2/c1-8(5-20-7-17-6-18-20)19-12(21)10-4-9(14)2-3-11(10)22-13(15)16/h2-4,6-8,13H,5H2,1H3,(H,19,21)/t8-/m1/s1. The number of rotatable bonds is 6. The molecule has 0 radical (unpaired) electrons. The highest BCUT2D eigenvalue weighted by Crippen LogP contribution is 2.24. The summed E-state index contributed by atoms with van der Waals surface area (Å²) in [6.07, 6.45) is 2.88. The molecule has 0 bridgehead atoms. The number of halogens is 3. The van der Waals surface area contributed by atoms with Crippen molar-refractivity contribution in [1.29, 1.82) is 0 Å². The van der Waals surface area contributed by atoms with E-state index in [-0.39, 0.29) is 22.4 Å². The third-order valence-electron chi connectivity index (χ3n) is 2.71. The molecule has 1 aromatic carbocycles. The second kappa shape index (κ2) is 7.17. The van der Waals surface area contributed by atoms with Crippen molar-refractivity contribution in [3.8, 4) is 5.75 Å². The molecule has 22 heavy (non-hydrogen) atoms. The summed E-state index contributed by atoms with van der Waals surface area (Å²) in [5.41, 5.74) is -0.0572. The zero-order valence-electron chi connectivity index (χ0n) is 11.5. The zero-order valence-corrected chi connectivity index (χ0v) is 12.3. The zero-order chi connectivity index (χ0) is 16.1. The summed E-state index contributed by atoms with van der Waals surface area (Å²) in [6, 6.07) is 3.57. The first-order valence-corrected chi connectivity index (χ1v) is 6.71. The van der Waals surface area contributed by atoms with Gasteiger partial charge in [0.2, 0.25) is 0 Å². The maximum Gasteiger partial charge on any atom is 0.387 e. The molecule has 2 rings (SSSR count). The average Bonchev–Trinajstić information content (AvgIpc) is 2.92. The molecule has 0 unspecified atom stereocenters. The number of carbonyl (C=O) groups excluding carboxylic acids is 1. The summed E-state index contributed by atoms with van der Waals surface area (Å²) in [5.74, 6) is -0.796. The third-order valence-corrected chi connectivity index (χ3v) is 2.94. The predicted molar refractivity (Wildman–Crippen MR) is 75.0 cm³/mol. The van der Waals surface area contributed by atoms with Crippen LogP contribution in [0.25, 0.3) is 0 Å². The molecule has 9 heteroatoms. The Labute approximate surface area is 130 Å². The van der Waals surface area contributed by atoms with Crippen LogP contribution in [-0.2, 0) is 6.54 Å². The van der Waals surface area contributed by atoms with Crippen LogP contribution < -0.4 is 10.1 Å². The molecule has 1 heterocycles. The molecule has 1 N–H and O–H groups in total. The van der Waals surface area contributed by atoms with Gasteiger partial charge in [-0.3, -0.25) is 9.48 Å². The van der Waals surface area contributed by atoms with Crippen molar-refractivity contribution in [1.82, 2.24) is 20.1 Å². The van der Waals surface area contributed by atoms with Gasteiger partial charge in [-0.2, -0.15) is 13.9 Å². The second-order valence-corrected chi connectivity index (χ2v) is 4.95. The van der Waals surface area contributed by atoms with Crippen LogP contribution in [0, 0.1) is 0 Å². The van der Waals surface area contributed by atoms with Crippen molar-refractivity contribution < 1.29 is 18.3 Å². The van der Waals surface area contributed by atoms with E-state index in [0.717, 1.165) is 0 Å². The van der Waals surface area contributed by atoms with Gasteiger partial charge in [0.15, 0.2) is 0 Å². The van der Waals surface area contributed by atoms with Gasteiger partial charge in [0, 0.05) is 11.1 Å². The van der Waals surface area contributed by atoms with E-state index in [9.17, 15) is 13.6 Å². The van der Waals surface area contributed by atoms with Crippen LogP contribution in [0.3, 0.4) is 0 Å². The van der Waals surface area contributed by atoms with E-state index in [1.54, 1.807) is 11.6 Å². The van der Waals surface area contributed by atoms with Crippen molar-refractivity contribution >= 4 is 17.5 Å². The molecule has 118 valence electrons. The fourth-order valence-electron chi connectivity index (χ4n) is 1.83. The highest BCUT2D eigenvalue weighted by molar-refractivity contribution is 6.31. The molecular weight excluding hydrogens is 318 g/mol. The molecule has 0 aliphatic rings. The predicted octanol–water partition coefficient (Wildman–Crippen LogP) is 2.35. The fraction of sp³-hybridized carbons (Fsp3) is 0.308. The van der Waals surface area contributed by atoms with Crippen LogP contribution >= 0.6 is 11.6 Å². The SMILES string of the molecule is C[C@H](Cn1cncn1)NC(=O)c1cc(Cl)ccc1OC(F)F. The molecule has 1 aromatic heterocycles. The molecule has 1 atom stereocenters. The first-order chi connectivity index (χ1) is 10.5. The van der Waals surface area contributed by atoms with Crippen LogP contribution in [0.4, 0.5) is 8.78 Å². The minimum absolute atomic E-state index is 0.0572. The van der Waals surface area contributed by atoms with E-state index in [4.69, 9.17) is 11.6 Å². The van der Waals surface area contributed by atoms with E-state index < -0.39 is 12.5 Å². The van der Waals surface area contributed by atoms with E-state index in [2.05, 4.69) is 20.1 Å². The Morgan fingerprint density at radius 2 is 2.27 bits per heavy atom. The lowest BCUT2D eigenvalue weighted by atomic mass is 10.1. The number of amides is 1. The van der Waals surface area contributed by atoms with Gasteiger partial charge in [0.1, 0.15) is 18.4 Å². The summed E-state index contributed by atoms with van der Waals surface area (Å²) in [7, 11) is 0. The Morgan fingerprint density at radius 3 is 2.91 bits per heavy atom. The van der Waals surface area contributed by atoms with Gasteiger partial charge in [-0.1, -0.05) is 11.6 Å². The second-order valence-electron chi connectivity index (χ2n) is 4.51. The largest absolute Gasteiger partial charge is 0.434 e. The van der Waals surface area contributed by atoms with Crippen molar-refractivity contribution in [2.45, 2.75) is 26.1 Å². The van der Waals surface area contributed by atoms with Crippen molar-refractivity contribution in [2.75, 3.05) is 0 Å². The van der Waals surface area contributed by atoms with Crippen LogP contribution in [0.1, 0.15) is 17.3 Å². The Bertz CT molecular complexity index is 637. The first-order valence-electron chi connectivity index (χ1n) is 6.33. The molecular formula is C13H13ClF2N4O2. The topological polar surface area (TPSA) is 69.0 Å². The lowest BCUT2D eigenvalue weighted by Crippen LogP contribution is -2.36. The van der Waals surface area contributed by atoms with Crippen LogP contribution in [0.2, 0.25) is 5.02 Å². The summed E-state index contributed by atoms with van der Waals surface area (Å²) < 4.78 is 30.6. The highest BCUT2D eigenvalue weighted by Gasteiger charge is 2.18. The van der Waals surface area contributed by atoms with E-state index in [1.165, 1.54) is 30.9 Å². The van der Waals surface area contributed by atoms with E-state index in [0.29, 0.717) is 6.54 Å². The van der Waals surface area contributed by atoms with E-state index in [1.807, 2.05) is 0 Å². The molecule has 0 spiro atoms. The van der Waals surface area contributed by atoms with Gasteiger partial charge in [0.25, 0.3) is 5.91 Å². The van der Waals surface area contributed by atoms with Gasteiger partial charge in [-0.05, 0) is 25.1 Å². The lowest BCUT2D eigenvalue weighted by molar-refractivity contribution is -0.0501. The van der Waals surface area contributed by atoms with Crippen molar-refractivity contribution in [3.63, 3.8) is 0 Å². The molecule has 0 fully saturated rings. The molecule has 0 aliphatic heterocycles. The Balaban J connectivity index is 2.09. The van der Waals surface area contributed by atoms with Gasteiger partial charge in [0.05, 0.1) is 12.1 Å². The number of aromatic nitrogens is 3. The number of hydrogen-bond donors (Lipinski definition) is 1. The summed E-state index contributed by atoms with van der Waals surface area (Å²) in [5, 5.41) is 6.83. The lowest BCUT2D eigenvalue weighted by Gasteiger charge is -2.16. The van der Waals surface area contributed by atoms with Crippen molar-refractivity contribution in [2.24, 2.45) is 0 Å². The normalized spacial score (nSPS) is 12.2. The number of carbonyl (C=O) groups is 1. The van der Waals surface area contributed by atoms with Crippen molar-refractivity contribution in [3.05, 3.63) is 41.4 Å². The highest BCUT2D eigenvalue weighted by atomic mass is 35.5. The van der Waals surface area contributed by atoms with E-state index >= 15 is 0 Å².